The summed E-state index contributed by atoms with van der Waals surface area (Å²) in [4.78, 5) is 23.4. The quantitative estimate of drug-likeness (QED) is 0.748. The van der Waals surface area contributed by atoms with Crippen LogP contribution in [0.4, 0.5) is 0 Å². The number of rotatable bonds is 5. The van der Waals surface area contributed by atoms with Crippen molar-refractivity contribution in [3.63, 3.8) is 0 Å². The molecule has 0 aliphatic heterocycles. The van der Waals surface area contributed by atoms with Crippen LogP contribution in [0.1, 0.15) is 20.7 Å². The molecule has 3 N–H and O–H groups in total. The number of hydrogen-bond acceptors (Lipinski definition) is 6. The second-order valence-corrected chi connectivity index (χ2v) is 6.73. The maximum atomic E-state index is 11.8. The fourth-order valence-corrected chi connectivity index (χ4v) is 2.98. The third-order valence-electron chi connectivity index (χ3n) is 2.60. The lowest BCUT2D eigenvalue weighted by atomic mass is 10.2. The Bertz CT molecular complexity index is 785. The summed E-state index contributed by atoms with van der Waals surface area (Å²) in [5, 5.41) is 14.8. The largest absolute Gasteiger partial charge is 0.507 e. The molecular formula is C13H12N2O5S2. The van der Waals surface area contributed by atoms with E-state index in [9.17, 15) is 23.1 Å². The summed E-state index contributed by atoms with van der Waals surface area (Å²) in [5.41, 5.74) is 0.169. The van der Waals surface area contributed by atoms with E-state index in [0.29, 0.717) is 0 Å². The zero-order valence-corrected chi connectivity index (χ0v) is 12.8. The van der Waals surface area contributed by atoms with Crippen LogP contribution in [-0.4, -0.2) is 31.2 Å². The van der Waals surface area contributed by atoms with Gasteiger partial charge >= 0.3 is 0 Å². The average Bonchev–Trinajstić information content (AvgIpc) is 2.99. The van der Waals surface area contributed by atoms with Crippen LogP contribution in [0.2, 0.25) is 0 Å². The number of amides is 2. The number of nitrogens with one attached hydrogen (secondary N) is 2. The first-order chi connectivity index (χ1) is 10.4. The first-order valence-electron chi connectivity index (χ1n) is 6.02. The average molecular weight is 340 g/mol. The SMILES string of the molecule is O=C(NS(=O)(=O)CNC(=O)c1ccccc1O)c1ccsc1. The van der Waals surface area contributed by atoms with Crippen LogP contribution in [-0.2, 0) is 10.0 Å². The fraction of sp³-hybridized carbons (Fsp3) is 0.0769. The summed E-state index contributed by atoms with van der Waals surface area (Å²) in [6.45, 7) is 0. The summed E-state index contributed by atoms with van der Waals surface area (Å²) in [6.07, 6.45) is 0. The van der Waals surface area contributed by atoms with E-state index in [-0.39, 0.29) is 16.9 Å². The van der Waals surface area contributed by atoms with Crippen LogP contribution in [0.5, 0.6) is 5.75 Å². The van der Waals surface area contributed by atoms with Gasteiger partial charge in [0.1, 0.15) is 11.6 Å². The van der Waals surface area contributed by atoms with Crippen LogP contribution >= 0.6 is 11.3 Å². The van der Waals surface area contributed by atoms with Gasteiger partial charge in [0, 0.05) is 5.38 Å². The molecule has 2 amide bonds. The number of carbonyl (C=O) groups excluding carboxylic acids is 2. The molecule has 1 aromatic carbocycles. The number of thiophene rings is 1. The minimum Gasteiger partial charge on any atom is -0.507 e. The second-order valence-electron chi connectivity index (χ2n) is 4.23. The Morgan fingerprint density at radius 1 is 1.14 bits per heavy atom. The van der Waals surface area contributed by atoms with Crippen molar-refractivity contribution in [1.29, 1.82) is 0 Å². The first-order valence-corrected chi connectivity index (χ1v) is 8.62. The van der Waals surface area contributed by atoms with Crippen molar-refractivity contribution < 1.29 is 23.1 Å². The van der Waals surface area contributed by atoms with E-state index >= 15 is 0 Å². The van der Waals surface area contributed by atoms with Crippen molar-refractivity contribution in [2.75, 3.05) is 5.88 Å². The number of aromatic hydroxyl groups is 1. The van der Waals surface area contributed by atoms with Crippen molar-refractivity contribution in [2.24, 2.45) is 0 Å². The highest BCUT2D eigenvalue weighted by molar-refractivity contribution is 7.90. The number of phenols is 1. The molecule has 9 heteroatoms. The molecule has 22 heavy (non-hydrogen) atoms. The third-order valence-corrected chi connectivity index (χ3v) is 4.31. The minimum absolute atomic E-state index is 0.0538. The van der Waals surface area contributed by atoms with Gasteiger partial charge in [0.05, 0.1) is 11.1 Å². The van der Waals surface area contributed by atoms with Crippen LogP contribution in [0.25, 0.3) is 0 Å². The molecule has 0 atom stereocenters. The molecule has 0 aliphatic carbocycles. The predicted octanol–water partition coefficient (Wildman–Crippen LogP) is 0.901. The molecule has 0 aliphatic rings. The van der Waals surface area contributed by atoms with Crippen molar-refractivity contribution in [3.05, 3.63) is 52.2 Å². The smallest absolute Gasteiger partial charge is 0.265 e. The summed E-state index contributed by atoms with van der Waals surface area (Å²) in [5.74, 6) is -2.57. The number of sulfonamides is 1. The molecule has 0 radical (unpaired) electrons. The number of carbonyl (C=O) groups is 2. The van der Waals surface area contributed by atoms with Crippen LogP contribution in [0.15, 0.2) is 41.1 Å². The van der Waals surface area contributed by atoms with Gasteiger partial charge in [-0.2, -0.15) is 11.3 Å². The Balaban J connectivity index is 1.97. The van der Waals surface area contributed by atoms with Gasteiger partial charge < -0.3 is 10.4 Å². The Labute approximate surface area is 130 Å². The molecule has 1 heterocycles. The molecule has 116 valence electrons. The fourth-order valence-electron chi connectivity index (χ4n) is 1.55. The molecule has 0 fully saturated rings. The highest BCUT2D eigenvalue weighted by Crippen LogP contribution is 2.14. The Kier molecular flexibility index (Phi) is 4.78. The maximum Gasteiger partial charge on any atom is 0.265 e. The number of phenolic OH excluding ortho intramolecular Hbond substituents is 1. The lowest BCUT2D eigenvalue weighted by molar-refractivity contribution is 0.0950. The molecular weight excluding hydrogens is 328 g/mol. The van der Waals surface area contributed by atoms with Gasteiger partial charge in [0.15, 0.2) is 0 Å². The summed E-state index contributed by atoms with van der Waals surface area (Å²) in [7, 11) is -4.03. The van der Waals surface area contributed by atoms with E-state index in [1.807, 2.05) is 4.72 Å². The summed E-state index contributed by atoms with van der Waals surface area (Å²) < 4.78 is 25.3. The standard InChI is InChI=1S/C13H12N2O5S2/c16-11-4-2-1-3-10(11)13(18)14-8-22(19,20)15-12(17)9-5-6-21-7-9/h1-7,16H,8H2,(H,14,18)(H,15,17). The van der Waals surface area contributed by atoms with Gasteiger partial charge in [-0.1, -0.05) is 12.1 Å². The third kappa shape index (κ3) is 4.06. The normalized spacial score (nSPS) is 10.9. The summed E-state index contributed by atoms with van der Waals surface area (Å²) >= 11 is 1.26. The van der Waals surface area contributed by atoms with E-state index in [4.69, 9.17) is 0 Å². The minimum atomic E-state index is -4.03. The number of para-hydroxylation sites is 1. The molecule has 2 aromatic rings. The van der Waals surface area contributed by atoms with Gasteiger partial charge in [-0.05, 0) is 23.6 Å². The zero-order chi connectivity index (χ0) is 16.2. The lowest BCUT2D eigenvalue weighted by Gasteiger charge is -2.08. The molecule has 0 saturated heterocycles. The highest BCUT2D eigenvalue weighted by atomic mass is 32.2. The van der Waals surface area contributed by atoms with E-state index < -0.39 is 27.7 Å². The van der Waals surface area contributed by atoms with Crippen molar-refractivity contribution in [3.8, 4) is 5.75 Å². The summed E-state index contributed by atoms with van der Waals surface area (Å²) in [6, 6.07) is 7.20. The van der Waals surface area contributed by atoms with E-state index in [0.717, 1.165) is 0 Å². The molecule has 0 unspecified atom stereocenters. The van der Waals surface area contributed by atoms with Gasteiger partial charge in [-0.15, -0.1) is 0 Å². The molecule has 0 bridgehead atoms. The first kappa shape index (κ1) is 16.0. The molecule has 2 rings (SSSR count). The van der Waals surface area contributed by atoms with Crippen molar-refractivity contribution in [1.82, 2.24) is 10.0 Å². The Morgan fingerprint density at radius 3 is 2.50 bits per heavy atom. The van der Waals surface area contributed by atoms with E-state index in [1.165, 1.54) is 47.0 Å². The number of hydrogen-bond donors (Lipinski definition) is 3. The molecule has 0 saturated carbocycles. The molecule has 1 aromatic heterocycles. The highest BCUT2D eigenvalue weighted by Gasteiger charge is 2.18. The van der Waals surface area contributed by atoms with Crippen molar-refractivity contribution >= 4 is 33.2 Å². The van der Waals surface area contributed by atoms with Crippen LogP contribution in [0.3, 0.4) is 0 Å². The topological polar surface area (TPSA) is 113 Å². The molecule has 0 spiro atoms. The zero-order valence-electron chi connectivity index (χ0n) is 11.1. The Hall–Kier alpha value is -2.39. The van der Waals surface area contributed by atoms with E-state index in [1.54, 1.807) is 5.38 Å². The van der Waals surface area contributed by atoms with Crippen molar-refractivity contribution in [2.45, 2.75) is 0 Å². The predicted molar refractivity (Wildman–Crippen MR) is 81.1 cm³/mol. The second kappa shape index (κ2) is 6.58. The van der Waals surface area contributed by atoms with Gasteiger partial charge in [-0.25, -0.2) is 13.1 Å². The van der Waals surface area contributed by atoms with Gasteiger partial charge in [-0.3, -0.25) is 9.59 Å². The lowest BCUT2D eigenvalue weighted by Crippen LogP contribution is -2.39. The van der Waals surface area contributed by atoms with Gasteiger partial charge in [0.25, 0.3) is 21.8 Å². The van der Waals surface area contributed by atoms with E-state index in [2.05, 4.69) is 5.32 Å². The number of benzene rings is 1. The van der Waals surface area contributed by atoms with Gasteiger partial charge in [0.2, 0.25) is 0 Å². The maximum absolute atomic E-state index is 11.8. The monoisotopic (exact) mass is 340 g/mol. The van der Waals surface area contributed by atoms with Crippen LogP contribution < -0.4 is 10.0 Å². The molecule has 7 nitrogen and oxygen atoms in total. The van der Waals surface area contributed by atoms with Crippen LogP contribution in [0, 0.1) is 0 Å². The Morgan fingerprint density at radius 2 is 1.86 bits per heavy atom.